The lowest BCUT2D eigenvalue weighted by Crippen LogP contribution is -1.98. The molecule has 0 unspecified atom stereocenters. The van der Waals surface area contributed by atoms with Crippen molar-refractivity contribution in [1.29, 1.82) is 0 Å². The molecule has 2 rings (SSSR count). The van der Waals surface area contributed by atoms with E-state index in [1.54, 1.807) is 6.20 Å². The van der Waals surface area contributed by atoms with Crippen molar-refractivity contribution in [3.05, 3.63) is 45.2 Å². The molecule has 0 bridgehead atoms. The van der Waals surface area contributed by atoms with Crippen LogP contribution in [0.15, 0.2) is 30.5 Å². The molecule has 0 saturated carbocycles. The molecular formula is C12H13ClN2S. The third kappa shape index (κ3) is 2.97. The lowest BCUT2D eigenvalue weighted by atomic mass is 10.3. The maximum Gasteiger partial charge on any atom is 0.126 e. The first-order valence-corrected chi connectivity index (χ1v) is 6.40. The van der Waals surface area contributed by atoms with Gasteiger partial charge >= 0.3 is 0 Å². The average molecular weight is 253 g/mol. The summed E-state index contributed by atoms with van der Waals surface area (Å²) in [6.45, 7) is 2.99. The number of hydrogen-bond donors (Lipinski definition) is 1. The highest BCUT2D eigenvalue weighted by molar-refractivity contribution is 7.12. The molecule has 0 spiro atoms. The maximum atomic E-state index is 5.76. The third-order valence-corrected chi connectivity index (χ3v) is 3.69. The highest BCUT2D eigenvalue weighted by Crippen LogP contribution is 2.18. The predicted molar refractivity (Wildman–Crippen MR) is 70.3 cm³/mol. The lowest BCUT2D eigenvalue weighted by molar-refractivity contribution is 1.14. The van der Waals surface area contributed by atoms with Crippen molar-refractivity contribution < 1.29 is 0 Å². The minimum absolute atomic E-state index is 0.662. The van der Waals surface area contributed by atoms with Crippen molar-refractivity contribution in [2.75, 3.05) is 5.32 Å². The zero-order valence-corrected chi connectivity index (χ0v) is 10.6. The molecule has 2 nitrogen and oxygen atoms in total. The smallest absolute Gasteiger partial charge is 0.126 e. The second-order valence-corrected chi connectivity index (χ2v) is 5.13. The number of hydrogen-bond acceptors (Lipinski definition) is 3. The van der Waals surface area contributed by atoms with Crippen LogP contribution in [0, 0.1) is 0 Å². The lowest BCUT2D eigenvalue weighted by Gasteiger charge is -2.03. The van der Waals surface area contributed by atoms with E-state index in [0.717, 1.165) is 18.8 Å². The summed E-state index contributed by atoms with van der Waals surface area (Å²) in [5, 5.41) is 3.93. The molecule has 2 aromatic heterocycles. The molecule has 2 heterocycles. The van der Waals surface area contributed by atoms with Crippen LogP contribution in [-0.4, -0.2) is 4.98 Å². The van der Waals surface area contributed by atoms with Gasteiger partial charge in [-0.2, -0.15) is 0 Å². The highest BCUT2D eigenvalue weighted by Gasteiger charge is 1.99. The molecule has 0 aliphatic rings. The Morgan fingerprint density at radius 3 is 2.69 bits per heavy atom. The Morgan fingerprint density at radius 1 is 1.25 bits per heavy atom. The third-order valence-electron chi connectivity index (χ3n) is 2.24. The first kappa shape index (κ1) is 11.4. The van der Waals surface area contributed by atoms with E-state index in [2.05, 4.69) is 29.4 Å². The first-order chi connectivity index (χ1) is 7.78. The van der Waals surface area contributed by atoms with Gasteiger partial charge in [-0.25, -0.2) is 4.98 Å². The first-order valence-electron chi connectivity index (χ1n) is 5.21. The molecule has 0 radical (unpaired) electrons. The van der Waals surface area contributed by atoms with E-state index in [1.807, 2.05) is 23.5 Å². The van der Waals surface area contributed by atoms with Crippen molar-refractivity contribution >= 4 is 28.8 Å². The van der Waals surface area contributed by atoms with Crippen LogP contribution in [0.2, 0.25) is 5.02 Å². The van der Waals surface area contributed by atoms with Crippen molar-refractivity contribution in [1.82, 2.24) is 4.98 Å². The molecule has 0 saturated heterocycles. The number of anilines is 1. The number of rotatable bonds is 4. The fourth-order valence-electron chi connectivity index (χ4n) is 1.37. The predicted octanol–water partition coefficient (Wildman–Crippen LogP) is 3.97. The summed E-state index contributed by atoms with van der Waals surface area (Å²) >= 11 is 7.60. The molecule has 16 heavy (non-hydrogen) atoms. The molecule has 0 aliphatic carbocycles. The maximum absolute atomic E-state index is 5.76. The van der Waals surface area contributed by atoms with Crippen molar-refractivity contribution in [3.63, 3.8) is 0 Å². The molecule has 2 aromatic rings. The zero-order valence-electron chi connectivity index (χ0n) is 9.03. The number of aromatic nitrogens is 1. The van der Waals surface area contributed by atoms with Crippen LogP contribution < -0.4 is 5.32 Å². The Balaban J connectivity index is 1.94. The Morgan fingerprint density at radius 2 is 2.06 bits per heavy atom. The Kier molecular flexibility index (Phi) is 3.80. The van der Waals surface area contributed by atoms with Crippen LogP contribution >= 0.6 is 22.9 Å². The van der Waals surface area contributed by atoms with Crippen molar-refractivity contribution in [2.45, 2.75) is 19.9 Å². The quantitative estimate of drug-likeness (QED) is 0.891. The Bertz CT molecular complexity index is 450. The molecule has 1 N–H and O–H groups in total. The van der Waals surface area contributed by atoms with Gasteiger partial charge in [-0.1, -0.05) is 18.5 Å². The molecule has 0 aromatic carbocycles. The van der Waals surface area contributed by atoms with Crippen molar-refractivity contribution in [3.8, 4) is 0 Å². The van der Waals surface area contributed by atoms with Gasteiger partial charge in [0.2, 0.25) is 0 Å². The second kappa shape index (κ2) is 5.32. The summed E-state index contributed by atoms with van der Waals surface area (Å²) in [5.41, 5.74) is 0. The zero-order chi connectivity index (χ0) is 11.4. The van der Waals surface area contributed by atoms with Crippen LogP contribution in [-0.2, 0) is 13.0 Å². The van der Waals surface area contributed by atoms with Gasteiger partial charge in [0.05, 0.1) is 11.6 Å². The van der Waals surface area contributed by atoms with E-state index in [1.165, 1.54) is 9.75 Å². The van der Waals surface area contributed by atoms with Gasteiger partial charge in [-0.05, 0) is 30.7 Å². The number of halogens is 1. The van der Waals surface area contributed by atoms with Gasteiger partial charge in [0, 0.05) is 16.0 Å². The van der Waals surface area contributed by atoms with E-state index in [0.29, 0.717) is 5.02 Å². The summed E-state index contributed by atoms with van der Waals surface area (Å²) in [7, 11) is 0. The Hall–Kier alpha value is -1.06. The number of nitrogens with zero attached hydrogens (tertiary/aromatic N) is 1. The van der Waals surface area contributed by atoms with Gasteiger partial charge < -0.3 is 5.32 Å². The van der Waals surface area contributed by atoms with Gasteiger partial charge in [-0.3, -0.25) is 0 Å². The highest BCUT2D eigenvalue weighted by atomic mass is 35.5. The number of thiophene rings is 1. The van der Waals surface area contributed by atoms with Crippen LogP contribution in [0.1, 0.15) is 16.7 Å². The van der Waals surface area contributed by atoms with E-state index in [-0.39, 0.29) is 0 Å². The monoisotopic (exact) mass is 252 g/mol. The van der Waals surface area contributed by atoms with Gasteiger partial charge in [0.15, 0.2) is 0 Å². The topological polar surface area (TPSA) is 24.9 Å². The molecule has 4 heteroatoms. The molecule has 0 amide bonds. The van der Waals surface area contributed by atoms with E-state index >= 15 is 0 Å². The van der Waals surface area contributed by atoms with Gasteiger partial charge in [0.25, 0.3) is 0 Å². The van der Waals surface area contributed by atoms with Crippen LogP contribution in [0.3, 0.4) is 0 Å². The summed E-state index contributed by atoms with van der Waals surface area (Å²) in [6, 6.07) is 8.06. The van der Waals surface area contributed by atoms with E-state index in [9.17, 15) is 0 Å². The largest absolute Gasteiger partial charge is 0.365 e. The normalized spacial score (nSPS) is 10.4. The summed E-state index contributed by atoms with van der Waals surface area (Å²) in [4.78, 5) is 6.93. The minimum atomic E-state index is 0.662. The molecule has 0 atom stereocenters. The van der Waals surface area contributed by atoms with Gasteiger partial charge in [0.1, 0.15) is 5.82 Å². The molecule has 84 valence electrons. The Labute approximate surface area is 104 Å². The fourth-order valence-corrected chi connectivity index (χ4v) is 2.37. The minimum Gasteiger partial charge on any atom is -0.365 e. The SMILES string of the molecule is CCc1ccc(CNc2ccc(Cl)cn2)s1. The molecule has 0 aliphatic heterocycles. The van der Waals surface area contributed by atoms with Crippen LogP contribution in [0.25, 0.3) is 0 Å². The van der Waals surface area contributed by atoms with Crippen LogP contribution in [0.5, 0.6) is 0 Å². The number of aryl methyl sites for hydroxylation is 1. The van der Waals surface area contributed by atoms with E-state index in [4.69, 9.17) is 11.6 Å². The summed E-state index contributed by atoms with van der Waals surface area (Å²) in [6.07, 6.45) is 2.75. The van der Waals surface area contributed by atoms with Gasteiger partial charge in [-0.15, -0.1) is 11.3 Å². The molecule has 0 fully saturated rings. The average Bonchev–Trinajstić information content (AvgIpc) is 2.76. The fraction of sp³-hybridized carbons (Fsp3) is 0.250. The number of pyridine rings is 1. The summed E-state index contributed by atoms with van der Waals surface area (Å²) < 4.78 is 0. The molecular weight excluding hydrogens is 240 g/mol. The standard InChI is InChI=1S/C12H13ClN2S/c1-2-10-4-5-11(16-10)8-15-12-6-3-9(13)7-14-12/h3-7H,2,8H2,1H3,(H,14,15). The van der Waals surface area contributed by atoms with E-state index < -0.39 is 0 Å². The van der Waals surface area contributed by atoms with Crippen LogP contribution in [0.4, 0.5) is 5.82 Å². The van der Waals surface area contributed by atoms with Crippen molar-refractivity contribution in [2.24, 2.45) is 0 Å². The summed E-state index contributed by atoms with van der Waals surface area (Å²) in [5.74, 6) is 0.857. The number of nitrogens with one attached hydrogen (secondary N) is 1. The second-order valence-electron chi connectivity index (χ2n) is 3.44.